The van der Waals surface area contributed by atoms with Gasteiger partial charge in [0.1, 0.15) is 6.04 Å². The predicted molar refractivity (Wildman–Crippen MR) is 78.6 cm³/mol. The fourth-order valence-corrected chi connectivity index (χ4v) is 2.50. The van der Waals surface area contributed by atoms with Gasteiger partial charge in [0.25, 0.3) is 0 Å². The van der Waals surface area contributed by atoms with Crippen molar-refractivity contribution in [3.8, 4) is 0 Å². The lowest BCUT2D eigenvalue weighted by molar-refractivity contribution is -0.143. The molecule has 1 aliphatic carbocycles. The zero-order valence-corrected chi connectivity index (χ0v) is 13.1. The number of carbonyl (C=O) groups is 3. The molecule has 1 unspecified atom stereocenters. The van der Waals surface area contributed by atoms with Gasteiger partial charge in [-0.3, -0.25) is 9.59 Å². The summed E-state index contributed by atoms with van der Waals surface area (Å²) in [5.41, 5.74) is -0.574. The summed E-state index contributed by atoms with van der Waals surface area (Å²) in [6.45, 7) is 5.07. The van der Waals surface area contributed by atoms with Gasteiger partial charge in [-0.2, -0.15) is 0 Å². The molecule has 0 bridgehead atoms. The van der Waals surface area contributed by atoms with Gasteiger partial charge in [0.15, 0.2) is 0 Å². The highest BCUT2D eigenvalue weighted by atomic mass is 16.4. The van der Waals surface area contributed by atoms with E-state index in [1.807, 2.05) is 0 Å². The van der Waals surface area contributed by atoms with Crippen LogP contribution in [0.2, 0.25) is 0 Å². The molecule has 21 heavy (non-hydrogen) atoms. The molecule has 1 aliphatic rings. The molecule has 3 N–H and O–H groups in total. The van der Waals surface area contributed by atoms with E-state index in [9.17, 15) is 19.5 Å². The lowest BCUT2D eigenvalue weighted by Gasteiger charge is -2.28. The second-order valence-electron chi connectivity index (χ2n) is 6.71. The van der Waals surface area contributed by atoms with Crippen LogP contribution in [0.3, 0.4) is 0 Å². The molecule has 0 aromatic rings. The minimum Gasteiger partial charge on any atom is -0.480 e. The van der Waals surface area contributed by atoms with Crippen LogP contribution in [0.25, 0.3) is 0 Å². The molecule has 0 radical (unpaired) electrons. The Morgan fingerprint density at radius 1 is 1.14 bits per heavy atom. The van der Waals surface area contributed by atoms with Gasteiger partial charge in [-0.1, -0.05) is 40.0 Å². The van der Waals surface area contributed by atoms with Gasteiger partial charge >= 0.3 is 5.97 Å². The average molecular weight is 298 g/mol. The lowest BCUT2D eigenvalue weighted by atomic mass is 9.84. The topological polar surface area (TPSA) is 95.5 Å². The molecule has 1 fully saturated rings. The summed E-state index contributed by atoms with van der Waals surface area (Å²) in [4.78, 5) is 34.9. The molecule has 0 aromatic heterocycles. The van der Waals surface area contributed by atoms with Crippen molar-refractivity contribution >= 4 is 17.8 Å². The molecular formula is C15H26N2O4. The molecule has 1 atom stereocenters. The minimum absolute atomic E-state index is 0.0153. The minimum atomic E-state index is -1.00. The third kappa shape index (κ3) is 5.73. The molecule has 0 aromatic carbocycles. The quantitative estimate of drug-likeness (QED) is 0.713. The Morgan fingerprint density at radius 2 is 1.71 bits per heavy atom. The van der Waals surface area contributed by atoms with Crippen molar-refractivity contribution in [3.63, 3.8) is 0 Å². The van der Waals surface area contributed by atoms with E-state index in [0.29, 0.717) is 0 Å². The molecule has 0 saturated heterocycles. The number of carboxylic acids is 1. The van der Waals surface area contributed by atoms with Crippen LogP contribution in [-0.4, -0.2) is 35.5 Å². The molecule has 1 rings (SSSR count). The Bertz CT molecular complexity index is 395. The van der Waals surface area contributed by atoms with E-state index in [2.05, 4.69) is 10.6 Å². The molecule has 6 heteroatoms. The molecule has 6 nitrogen and oxygen atoms in total. The number of hydrogen-bond acceptors (Lipinski definition) is 3. The molecule has 0 heterocycles. The van der Waals surface area contributed by atoms with Crippen LogP contribution in [0.1, 0.15) is 52.9 Å². The van der Waals surface area contributed by atoms with Gasteiger partial charge in [-0.05, 0) is 18.8 Å². The second-order valence-corrected chi connectivity index (χ2v) is 6.71. The summed E-state index contributed by atoms with van der Waals surface area (Å²) in [5.74, 6) is -1.70. The number of carboxylic acid groups (broad SMARTS) is 1. The molecular weight excluding hydrogens is 272 g/mol. The first kappa shape index (κ1) is 17.5. The first-order valence-corrected chi connectivity index (χ1v) is 7.52. The van der Waals surface area contributed by atoms with Crippen molar-refractivity contribution < 1.29 is 19.5 Å². The summed E-state index contributed by atoms with van der Waals surface area (Å²) in [5, 5.41) is 14.3. The van der Waals surface area contributed by atoms with E-state index in [0.717, 1.165) is 32.1 Å². The third-order valence-electron chi connectivity index (χ3n) is 3.79. The van der Waals surface area contributed by atoms with E-state index in [-0.39, 0.29) is 18.4 Å². The Morgan fingerprint density at radius 3 is 2.19 bits per heavy atom. The number of hydrogen-bond donors (Lipinski definition) is 3. The molecule has 0 spiro atoms. The Kier molecular flexibility index (Phi) is 6.18. The van der Waals surface area contributed by atoms with Crippen LogP contribution < -0.4 is 10.6 Å². The van der Waals surface area contributed by atoms with Crippen molar-refractivity contribution in [2.75, 3.05) is 6.54 Å². The second kappa shape index (κ2) is 7.43. The SMILES string of the molecule is CC(C)(C)C(=O)NCC(=O)NC(C(=O)O)C1CCCCC1. The predicted octanol–water partition coefficient (Wildman–Crippen LogP) is 1.30. The Balaban J connectivity index is 2.49. The fraction of sp³-hybridized carbons (Fsp3) is 0.800. The number of amides is 2. The highest BCUT2D eigenvalue weighted by Crippen LogP contribution is 2.26. The monoisotopic (exact) mass is 298 g/mol. The summed E-state index contributed by atoms with van der Waals surface area (Å²) in [6.07, 6.45) is 4.78. The van der Waals surface area contributed by atoms with Crippen LogP contribution in [-0.2, 0) is 14.4 Å². The van der Waals surface area contributed by atoms with Crippen LogP contribution in [0.15, 0.2) is 0 Å². The van der Waals surface area contributed by atoms with Crippen LogP contribution in [0, 0.1) is 11.3 Å². The summed E-state index contributed by atoms with van der Waals surface area (Å²) >= 11 is 0. The van der Waals surface area contributed by atoms with E-state index in [1.54, 1.807) is 20.8 Å². The molecule has 120 valence electrons. The fourth-order valence-electron chi connectivity index (χ4n) is 2.50. The maximum absolute atomic E-state index is 11.8. The van der Waals surface area contributed by atoms with Crippen LogP contribution in [0.5, 0.6) is 0 Å². The third-order valence-corrected chi connectivity index (χ3v) is 3.79. The zero-order chi connectivity index (χ0) is 16.0. The van der Waals surface area contributed by atoms with Crippen molar-refractivity contribution in [1.82, 2.24) is 10.6 Å². The standard InChI is InChI=1S/C15H26N2O4/c1-15(2,3)14(21)16-9-11(18)17-12(13(19)20)10-7-5-4-6-8-10/h10,12H,4-9H2,1-3H3,(H,16,21)(H,17,18)(H,19,20). The van der Waals surface area contributed by atoms with Crippen molar-refractivity contribution in [2.45, 2.75) is 58.9 Å². The Labute approximate surface area is 125 Å². The van der Waals surface area contributed by atoms with E-state index in [4.69, 9.17) is 0 Å². The molecule has 1 saturated carbocycles. The average Bonchev–Trinajstić information content (AvgIpc) is 2.41. The first-order chi connectivity index (χ1) is 9.71. The first-order valence-electron chi connectivity index (χ1n) is 7.52. The number of rotatable bonds is 5. The van der Waals surface area contributed by atoms with Gasteiger partial charge in [0.2, 0.25) is 11.8 Å². The highest BCUT2D eigenvalue weighted by molar-refractivity contribution is 5.89. The van der Waals surface area contributed by atoms with E-state index < -0.39 is 23.3 Å². The number of nitrogens with one attached hydrogen (secondary N) is 2. The van der Waals surface area contributed by atoms with Gasteiger partial charge in [0.05, 0.1) is 6.54 Å². The lowest BCUT2D eigenvalue weighted by Crippen LogP contribution is -2.50. The summed E-state index contributed by atoms with van der Waals surface area (Å²) in [7, 11) is 0. The summed E-state index contributed by atoms with van der Waals surface area (Å²) in [6, 6.07) is -0.857. The van der Waals surface area contributed by atoms with Crippen molar-refractivity contribution in [3.05, 3.63) is 0 Å². The summed E-state index contributed by atoms with van der Waals surface area (Å²) < 4.78 is 0. The maximum atomic E-state index is 11.8. The van der Waals surface area contributed by atoms with Crippen LogP contribution in [0.4, 0.5) is 0 Å². The van der Waals surface area contributed by atoms with Gasteiger partial charge < -0.3 is 15.7 Å². The van der Waals surface area contributed by atoms with Crippen LogP contribution >= 0.6 is 0 Å². The van der Waals surface area contributed by atoms with E-state index in [1.165, 1.54) is 0 Å². The maximum Gasteiger partial charge on any atom is 0.326 e. The van der Waals surface area contributed by atoms with Crippen molar-refractivity contribution in [2.24, 2.45) is 11.3 Å². The normalized spacial score (nSPS) is 17.9. The van der Waals surface area contributed by atoms with E-state index >= 15 is 0 Å². The number of carbonyl (C=O) groups excluding carboxylic acids is 2. The smallest absolute Gasteiger partial charge is 0.326 e. The number of aliphatic carboxylic acids is 1. The van der Waals surface area contributed by atoms with Gasteiger partial charge in [-0.25, -0.2) is 4.79 Å². The van der Waals surface area contributed by atoms with Gasteiger partial charge in [0, 0.05) is 5.41 Å². The van der Waals surface area contributed by atoms with Gasteiger partial charge in [-0.15, -0.1) is 0 Å². The highest BCUT2D eigenvalue weighted by Gasteiger charge is 2.31. The molecule has 0 aliphatic heterocycles. The zero-order valence-electron chi connectivity index (χ0n) is 13.1. The largest absolute Gasteiger partial charge is 0.480 e. The molecule has 2 amide bonds. The van der Waals surface area contributed by atoms with Crippen molar-refractivity contribution in [1.29, 1.82) is 0 Å². The Hall–Kier alpha value is -1.59.